The summed E-state index contributed by atoms with van der Waals surface area (Å²) in [6.07, 6.45) is 0. The number of sulfonamides is 1. The van der Waals surface area contributed by atoms with Crippen LogP contribution in [-0.2, 0) is 19.5 Å². The Labute approximate surface area is 171 Å². The maximum Gasteiger partial charge on any atom is 0.337 e. The number of benzene rings is 2. The van der Waals surface area contributed by atoms with E-state index in [-0.39, 0.29) is 37.5 Å². The van der Waals surface area contributed by atoms with Crippen molar-refractivity contribution in [1.82, 2.24) is 0 Å². The molecular formula is C17H15Cl2NO7S. The van der Waals surface area contributed by atoms with Gasteiger partial charge in [-0.3, -0.25) is 4.72 Å². The van der Waals surface area contributed by atoms with Gasteiger partial charge in [-0.1, -0.05) is 23.2 Å². The van der Waals surface area contributed by atoms with Gasteiger partial charge >= 0.3 is 11.9 Å². The van der Waals surface area contributed by atoms with E-state index in [1.807, 2.05) is 0 Å². The normalized spacial score (nSPS) is 10.9. The second-order valence-electron chi connectivity index (χ2n) is 5.28. The Morgan fingerprint density at radius 1 is 0.893 bits per heavy atom. The van der Waals surface area contributed by atoms with Gasteiger partial charge in [-0.15, -0.1) is 0 Å². The third kappa shape index (κ3) is 4.49. The third-order valence-electron chi connectivity index (χ3n) is 3.55. The summed E-state index contributed by atoms with van der Waals surface area (Å²) in [6.45, 7) is 0. The molecule has 0 bridgehead atoms. The van der Waals surface area contributed by atoms with E-state index in [1.54, 1.807) is 0 Å². The second-order valence-corrected chi connectivity index (χ2v) is 7.69. The van der Waals surface area contributed by atoms with Crippen molar-refractivity contribution in [3.8, 4) is 5.75 Å². The average molecular weight is 448 g/mol. The van der Waals surface area contributed by atoms with Crippen LogP contribution in [0.2, 0.25) is 10.0 Å². The minimum absolute atomic E-state index is 0.0537. The van der Waals surface area contributed by atoms with Gasteiger partial charge in [0.2, 0.25) is 0 Å². The zero-order chi connectivity index (χ0) is 21.1. The number of esters is 2. The molecule has 0 saturated carbocycles. The lowest BCUT2D eigenvalue weighted by atomic mass is 10.1. The molecule has 11 heteroatoms. The SMILES string of the molecule is COC(=O)c1cc(NS(=O)(=O)c2ccc(OC)c(Cl)c2Cl)cc(C(=O)OC)c1. The van der Waals surface area contributed by atoms with Crippen molar-refractivity contribution in [2.24, 2.45) is 0 Å². The summed E-state index contributed by atoms with van der Waals surface area (Å²) in [5.74, 6) is -1.33. The van der Waals surface area contributed by atoms with Crippen LogP contribution in [0.5, 0.6) is 5.75 Å². The summed E-state index contributed by atoms with van der Waals surface area (Å²) in [4.78, 5) is 23.3. The molecule has 0 spiro atoms. The zero-order valence-electron chi connectivity index (χ0n) is 14.9. The monoisotopic (exact) mass is 447 g/mol. The first-order valence-electron chi connectivity index (χ1n) is 7.51. The minimum Gasteiger partial charge on any atom is -0.495 e. The van der Waals surface area contributed by atoms with Gasteiger partial charge in [0.05, 0.1) is 43.2 Å². The smallest absolute Gasteiger partial charge is 0.337 e. The molecule has 0 radical (unpaired) electrons. The predicted molar refractivity (Wildman–Crippen MR) is 103 cm³/mol. The number of carbonyl (C=O) groups is 2. The van der Waals surface area contributed by atoms with Crippen molar-refractivity contribution >= 4 is 50.9 Å². The Morgan fingerprint density at radius 2 is 1.43 bits per heavy atom. The Kier molecular flexibility index (Phi) is 6.76. The van der Waals surface area contributed by atoms with Crippen molar-refractivity contribution < 1.29 is 32.2 Å². The van der Waals surface area contributed by atoms with E-state index >= 15 is 0 Å². The number of halogens is 2. The van der Waals surface area contributed by atoms with E-state index < -0.39 is 22.0 Å². The van der Waals surface area contributed by atoms with Crippen LogP contribution in [0.3, 0.4) is 0 Å². The quantitative estimate of drug-likeness (QED) is 0.675. The molecule has 0 aliphatic heterocycles. The van der Waals surface area contributed by atoms with Gasteiger partial charge in [0.1, 0.15) is 15.7 Å². The van der Waals surface area contributed by atoms with Crippen LogP contribution in [0, 0.1) is 0 Å². The summed E-state index contributed by atoms with van der Waals surface area (Å²) in [5, 5.41) is -0.323. The number of hydrogen-bond acceptors (Lipinski definition) is 7. The fraction of sp³-hybridized carbons (Fsp3) is 0.176. The number of anilines is 1. The predicted octanol–water partition coefficient (Wildman–Crippen LogP) is 3.38. The van der Waals surface area contributed by atoms with Gasteiger partial charge in [-0.05, 0) is 30.3 Å². The first-order valence-corrected chi connectivity index (χ1v) is 9.75. The molecule has 0 heterocycles. The summed E-state index contributed by atoms with van der Waals surface area (Å²) in [6, 6.07) is 6.17. The highest BCUT2D eigenvalue weighted by Gasteiger charge is 2.23. The zero-order valence-corrected chi connectivity index (χ0v) is 17.2. The number of ether oxygens (including phenoxy) is 3. The van der Waals surface area contributed by atoms with Crippen LogP contribution in [0.1, 0.15) is 20.7 Å². The Bertz CT molecular complexity index is 1000. The van der Waals surface area contributed by atoms with E-state index in [0.29, 0.717) is 0 Å². The number of methoxy groups -OCH3 is 3. The molecule has 8 nitrogen and oxygen atoms in total. The molecule has 0 atom stereocenters. The molecular weight excluding hydrogens is 433 g/mol. The van der Waals surface area contributed by atoms with Gasteiger partial charge in [-0.2, -0.15) is 0 Å². The van der Waals surface area contributed by atoms with Crippen LogP contribution in [0.15, 0.2) is 35.2 Å². The molecule has 2 aromatic rings. The van der Waals surface area contributed by atoms with Crippen LogP contribution >= 0.6 is 23.2 Å². The average Bonchev–Trinajstić information content (AvgIpc) is 2.67. The number of rotatable bonds is 6. The van der Waals surface area contributed by atoms with Crippen LogP contribution in [0.4, 0.5) is 5.69 Å². The van der Waals surface area contributed by atoms with Crippen LogP contribution in [0.25, 0.3) is 0 Å². The molecule has 1 N–H and O–H groups in total. The fourth-order valence-corrected chi connectivity index (χ4v) is 4.13. The maximum atomic E-state index is 12.7. The van der Waals surface area contributed by atoms with Crippen LogP contribution < -0.4 is 9.46 Å². The van der Waals surface area contributed by atoms with E-state index in [1.165, 1.54) is 37.4 Å². The number of carbonyl (C=O) groups excluding carboxylic acids is 2. The second kappa shape index (κ2) is 8.68. The van der Waals surface area contributed by atoms with Gasteiger partial charge in [-0.25, -0.2) is 18.0 Å². The fourth-order valence-electron chi connectivity index (χ4n) is 2.25. The van der Waals surface area contributed by atoms with E-state index in [0.717, 1.165) is 14.2 Å². The Morgan fingerprint density at radius 3 is 1.89 bits per heavy atom. The molecule has 0 unspecified atom stereocenters. The molecule has 150 valence electrons. The Balaban J connectivity index is 2.53. The molecule has 0 aliphatic rings. The Hall–Kier alpha value is -2.49. The van der Waals surface area contributed by atoms with Gasteiger partial charge in [0, 0.05) is 0 Å². The molecule has 2 aromatic carbocycles. The first-order chi connectivity index (χ1) is 13.1. The third-order valence-corrected chi connectivity index (χ3v) is 5.95. The van der Waals surface area contributed by atoms with Crippen molar-refractivity contribution in [1.29, 1.82) is 0 Å². The lowest BCUT2D eigenvalue weighted by Gasteiger charge is -2.13. The van der Waals surface area contributed by atoms with E-state index in [9.17, 15) is 18.0 Å². The molecule has 0 amide bonds. The lowest BCUT2D eigenvalue weighted by molar-refractivity contribution is 0.0599. The van der Waals surface area contributed by atoms with Crippen molar-refractivity contribution in [3.63, 3.8) is 0 Å². The van der Waals surface area contributed by atoms with Crippen molar-refractivity contribution in [2.75, 3.05) is 26.1 Å². The van der Waals surface area contributed by atoms with E-state index in [4.69, 9.17) is 27.9 Å². The highest BCUT2D eigenvalue weighted by atomic mass is 35.5. The van der Waals surface area contributed by atoms with Gasteiger partial charge < -0.3 is 14.2 Å². The minimum atomic E-state index is -4.22. The summed E-state index contributed by atoms with van der Waals surface area (Å²) in [5.41, 5.74) is -0.185. The summed E-state index contributed by atoms with van der Waals surface area (Å²) >= 11 is 12.1. The maximum absolute atomic E-state index is 12.7. The molecule has 0 saturated heterocycles. The largest absolute Gasteiger partial charge is 0.495 e. The summed E-state index contributed by atoms with van der Waals surface area (Å²) < 4.78 is 42.0. The number of hydrogen-bond donors (Lipinski definition) is 1. The summed E-state index contributed by atoms with van der Waals surface area (Å²) in [7, 11) is -0.560. The van der Waals surface area contributed by atoms with E-state index in [2.05, 4.69) is 14.2 Å². The lowest BCUT2D eigenvalue weighted by Crippen LogP contribution is -2.15. The van der Waals surface area contributed by atoms with Gasteiger partial charge in [0.25, 0.3) is 10.0 Å². The highest BCUT2D eigenvalue weighted by molar-refractivity contribution is 7.92. The standard InChI is InChI=1S/C17H15Cl2NO7S/c1-25-12-4-5-13(15(19)14(12)18)28(23,24)20-11-7-9(16(21)26-2)6-10(8-11)17(22)27-3/h4-8,20H,1-3H3. The molecule has 0 aliphatic carbocycles. The molecule has 28 heavy (non-hydrogen) atoms. The van der Waals surface area contributed by atoms with Crippen molar-refractivity contribution in [3.05, 3.63) is 51.5 Å². The molecule has 0 aromatic heterocycles. The number of nitrogens with one attached hydrogen (secondary N) is 1. The van der Waals surface area contributed by atoms with Crippen LogP contribution in [-0.4, -0.2) is 41.7 Å². The first kappa shape index (κ1) is 21.8. The highest BCUT2D eigenvalue weighted by Crippen LogP contribution is 2.37. The topological polar surface area (TPSA) is 108 Å². The van der Waals surface area contributed by atoms with Gasteiger partial charge in [0.15, 0.2) is 0 Å². The van der Waals surface area contributed by atoms with Crippen molar-refractivity contribution in [2.45, 2.75) is 4.90 Å². The molecule has 2 rings (SSSR count). The molecule has 0 fully saturated rings.